The van der Waals surface area contributed by atoms with Gasteiger partial charge in [-0.05, 0) is 31.9 Å². The number of nitrogen functional groups attached to an aromatic ring is 1. The monoisotopic (exact) mass is 271 g/mol. The molecule has 0 spiro atoms. The lowest BCUT2D eigenvalue weighted by molar-refractivity contribution is 0.316. The summed E-state index contributed by atoms with van der Waals surface area (Å²) in [7, 11) is 0. The van der Waals surface area contributed by atoms with Crippen LogP contribution in [-0.4, -0.2) is 6.61 Å². The fourth-order valence-corrected chi connectivity index (χ4v) is 2.00. The van der Waals surface area contributed by atoms with Gasteiger partial charge in [0.25, 0.3) is 0 Å². The Hall–Kier alpha value is -2.16. The first-order chi connectivity index (χ1) is 9.58. The Labute approximate surface area is 120 Å². The largest absolute Gasteiger partial charge is 0.493 e. The number of ether oxygens (including phenoxy) is 2. The van der Waals surface area contributed by atoms with E-state index < -0.39 is 0 Å². The molecule has 2 N–H and O–H groups in total. The van der Waals surface area contributed by atoms with Crippen LogP contribution in [0.3, 0.4) is 0 Å². The lowest BCUT2D eigenvalue weighted by Gasteiger charge is -2.12. The Kier molecular flexibility index (Phi) is 4.51. The van der Waals surface area contributed by atoms with Gasteiger partial charge in [-0.25, -0.2) is 0 Å². The maximum Gasteiger partial charge on any atom is 0.133 e. The third kappa shape index (κ3) is 3.67. The fourth-order valence-electron chi connectivity index (χ4n) is 2.00. The van der Waals surface area contributed by atoms with Crippen LogP contribution in [0.2, 0.25) is 0 Å². The zero-order valence-corrected chi connectivity index (χ0v) is 12.3. The smallest absolute Gasteiger partial charge is 0.133 e. The molecule has 0 fully saturated rings. The van der Waals surface area contributed by atoms with Gasteiger partial charge in [0.2, 0.25) is 0 Å². The van der Waals surface area contributed by atoms with E-state index in [1.807, 2.05) is 31.2 Å². The van der Waals surface area contributed by atoms with Crippen molar-refractivity contribution in [2.45, 2.75) is 27.2 Å². The van der Waals surface area contributed by atoms with Crippen LogP contribution in [0.4, 0.5) is 5.69 Å². The topological polar surface area (TPSA) is 44.5 Å². The van der Waals surface area contributed by atoms with Crippen LogP contribution in [0.1, 0.15) is 24.5 Å². The maximum atomic E-state index is 5.91. The Balaban J connectivity index is 2.21. The molecule has 20 heavy (non-hydrogen) atoms. The molecule has 0 heterocycles. The second kappa shape index (κ2) is 6.33. The third-order valence-electron chi connectivity index (χ3n) is 2.93. The van der Waals surface area contributed by atoms with Crippen molar-refractivity contribution < 1.29 is 9.47 Å². The molecule has 0 amide bonds. The van der Waals surface area contributed by atoms with E-state index in [1.54, 1.807) is 6.07 Å². The van der Waals surface area contributed by atoms with E-state index in [2.05, 4.69) is 19.9 Å². The summed E-state index contributed by atoms with van der Waals surface area (Å²) in [5.41, 5.74) is 8.84. The van der Waals surface area contributed by atoms with E-state index in [9.17, 15) is 0 Å². The normalized spacial score (nSPS) is 10.3. The molecule has 2 aromatic carbocycles. The second-order valence-electron chi connectivity index (χ2n) is 4.96. The summed E-state index contributed by atoms with van der Waals surface area (Å²) in [6.07, 6.45) is 0.960. The van der Waals surface area contributed by atoms with Gasteiger partial charge in [0.1, 0.15) is 17.2 Å². The zero-order chi connectivity index (χ0) is 14.5. The summed E-state index contributed by atoms with van der Waals surface area (Å²) in [5, 5.41) is 0. The number of hydrogen-bond donors (Lipinski definition) is 1. The number of aryl methyl sites for hydroxylation is 2. The van der Waals surface area contributed by atoms with Crippen LogP contribution in [-0.2, 0) is 0 Å². The van der Waals surface area contributed by atoms with Crippen molar-refractivity contribution in [3.63, 3.8) is 0 Å². The summed E-state index contributed by atoms with van der Waals surface area (Å²) in [6.45, 7) is 6.84. The molecule has 0 bridgehead atoms. The van der Waals surface area contributed by atoms with Gasteiger partial charge in [0.05, 0.1) is 6.61 Å². The number of rotatable bonds is 5. The first-order valence-electron chi connectivity index (χ1n) is 6.87. The predicted octanol–water partition coefficient (Wildman–Crippen LogP) is 4.47. The molecule has 0 aliphatic rings. The molecule has 0 atom stereocenters. The number of hydrogen-bond acceptors (Lipinski definition) is 3. The molecular formula is C17H21NO2. The minimum Gasteiger partial charge on any atom is -0.493 e. The predicted molar refractivity (Wildman–Crippen MR) is 82.6 cm³/mol. The van der Waals surface area contributed by atoms with Gasteiger partial charge in [-0.1, -0.05) is 24.6 Å². The van der Waals surface area contributed by atoms with Crippen LogP contribution in [0.5, 0.6) is 17.2 Å². The second-order valence-corrected chi connectivity index (χ2v) is 4.96. The molecule has 0 aliphatic heterocycles. The molecule has 0 aliphatic carbocycles. The van der Waals surface area contributed by atoms with Gasteiger partial charge < -0.3 is 15.2 Å². The van der Waals surface area contributed by atoms with E-state index in [1.165, 1.54) is 5.56 Å². The van der Waals surface area contributed by atoms with Crippen molar-refractivity contribution in [1.82, 2.24) is 0 Å². The Morgan fingerprint density at radius 3 is 2.45 bits per heavy atom. The van der Waals surface area contributed by atoms with Crippen LogP contribution in [0.15, 0.2) is 36.4 Å². The van der Waals surface area contributed by atoms with Gasteiger partial charge in [-0.3, -0.25) is 0 Å². The molecule has 0 aromatic heterocycles. The van der Waals surface area contributed by atoms with Crippen LogP contribution < -0.4 is 15.2 Å². The number of anilines is 1. The van der Waals surface area contributed by atoms with Crippen molar-refractivity contribution in [3.8, 4) is 17.2 Å². The highest BCUT2D eigenvalue weighted by Crippen LogP contribution is 2.30. The van der Waals surface area contributed by atoms with Gasteiger partial charge in [-0.2, -0.15) is 0 Å². The van der Waals surface area contributed by atoms with Crippen molar-refractivity contribution >= 4 is 5.69 Å². The molecule has 3 nitrogen and oxygen atoms in total. The molecule has 0 saturated heterocycles. The van der Waals surface area contributed by atoms with Crippen LogP contribution in [0.25, 0.3) is 0 Å². The fraction of sp³-hybridized carbons (Fsp3) is 0.294. The van der Waals surface area contributed by atoms with Gasteiger partial charge in [0.15, 0.2) is 0 Å². The highest BCUT2D eigenvalue weighted by Gasteiger charge is 2.05. The average Bonchev–Trinajstić information content (AvgIpc) is 2.39. The van der Waals surface area contributed by atoms with E-state index >= 15 is 0 Å². The van der Waals surface area contributed by atoms with Crippen molar-refractivity contribution in [2.75, 3.05) is 12.3 Å². The molecular weight excluding hydrogens is 250 g/mol. The SMILES string of the molecule is CCCOc1cc(N)cc(Oc2ccc(C)cc2C)c1. The Bertz CT molecular complexity index is 594. The molecule has 0 saturated carbocycles. The molecule has 106 valence electrons. The summed E-state index contributed by atoms with van der Waals surface area (Å²) in [5.74, 6) is 2.28. The number of benzene rings is 2. The van der Waals surface area contributed by atoms with E-state index in [0.29, 0.717) is 18.0 Å². The zero-order valence-electron chi connectivity index (χ0n) is 12.3. The summed E-state index contributed by atoms with van der Waals surface area (Å²) >= 11 is 0. The van der Waals surface area contributed by atoms with E-state index in [0.717, 1.165) is 23.5 Å². The minimum absolute atomic E-state index is 0.637. The standard InChI is InChI=1S/C17H21NO2/c1-4-7-19-15-9-14(18)10-16(11-15)20-17-6-5-12(2)8-13(17)3/h5-6,8-11H,4,7,18H2,1-3H3. The summed E-state index contributed by atoms with van der Waals surface area (Å²) < 4.78 is 11.5. The summed E-state index contributed by atoms with van der Waals surface area (Å²) in [4.78, 5) is 0. The van der Waals surface area contributed by atoms with Crippen LogP contribution in [0, 0.1) is 13.8 Å². The molecule has 3 heteroatoms. The van der Waals surface area contributed by atoms with Gasteiger partial charge in [-0.15, -0.1) is 0 Å². The Morgan fingerprint density at radius 2 is 1.75 bits per heavy atom. The molecule has 0 radical (unpaired) electrons. The van der Waals surface area contributed by atoms with Gasteiger partial charge >= 0.3 is 0 Å². The molecule has 2 aromatic rings. The average molecular weight is 271 g/mol. The Morgan fingerprint density at radius 1 is 1.00 bits per heavy atom. The highest BCUT2D eigenvalue weighted by molar-refractivity contribution is 5.52. The van der Waals surface area contributed by atoms with Crippen molar-refractivity contribution in [1.29, 1.82) is 0 Å². The van der Waals surface area contributed by atoms with Crippen molar-refractivity contribution in [3.05, 3.63) is 47.5 Å². The van der Waals surface area contributed by atoms with Crippen LogP contribution >= 0.6 is 0 Å². The highest BCUT2D eigenvalue weighted by atomic mass is 16.5. The molecule has 2 rings (SSSR count). The van der Waals surface area contributed by atoms with Gasteiger partial charge in [0, 0.05) is 23.9 Å². The third-order valence-corrected chi connectivity index (χ3v) is 2.93. The first kappa shape index (κ1) is 14.3. The van der Waals surface area contributed by atoms with E-state index in [-0.39, 0.29) is 0 Å². The lowest BCUT2D eigenvalue weighted by Crippen LogP contribution is -1.97. The first-order valence-corrected chi connectivity index (χ1v) is 6.87. The molecule has 0 unspecified atom stereocenters. The minimum atomic E-state index is 0.637. The lowest BCUT2D eigenvalue weighted by atomic mass is 10.1. The van der Waals surface area contributed by atoms with Crippen molar-refractivity contribution in [2.24, 2.45) is 0 Å². The van der Waals surface area contributed by atoms with E-state index in [4.69, 9.17) is 15.2 Å². The maximum absolute atomic E-state index is 5.91. The summed E-state index contributed by atoms with van der Waals surface area (Å²) in [6, 6.07) is 11.6. The number of nitrogens with two attached hydrogens (primary N) is 1. The quantitative estimate of drug-likeness (QED) is 0.816.